The first kappa shape index (κ1) is 18.3. The summed E-state index contributed by atoms with van der Waals surface area (Å²) < 4.78 is 2.25. The number of aromatic nitrogens is 4. The third-order valence-electron chi connectivity index (χ3n) is 6.14. The minimum atomic E-state index is -0.864. The first-order chi connectivity index (χ1) is 13.9. The van der Waals surface area contributed by atoms with Gasteiger partial charge in [-0.2, -0.15) is 0 Å². The summed E-state index contributed by atoms with van der Waals surface area (Å²) in [5, 5.41) is 10.3. The van der Waals surface area contributed by atoms with Gasteiger partial charge in [0.05, 0.1) is 28.5 Å². The van der Waals surface area contributed by atoms with Gasteiger partial charge in [0.15, 0.2) is 5.65 Å². The van der Waals surface area contributed by atoms with Crippen molar-refractivity contribution in [2.24, 2.45) is 5.73 Å². The average Bonchev–Trinajstić information content (AvgIpc) is 3.31. The van der Waals surface area contributed by atoms with Gasteiger partial charge in [-0.1, -0.05) is 30.7 Å². The van der Waals surface area contributed by atoms with E-state index in [-0.39, 0.29) is 6.04 Å². The molecular weight excluding hydrogens is 362 g/mol. The van der Waals surface area contributed by atoms with E-state index in [2.05, 4.69) is 20.4 Å². The van der Waals surface area contributed by atoms with Crippen molar-refractivity contribution in [1.82, 2.24) is 19.4 Å². The largest absolute Gasteiger partial charge is 0.386 e. The lowest BCUT2D eigenvalue weighted by Crippen LogP contribution is -2.27. The number of aliphatic hydroxyl groups is 1. The van der Waals surface area contributed by atoms with Crippen LogP contribution in [0.1, 0.15) is 56.8 Å². The lowest BCUT2D eigenvalue weighted by Gasteiger charge is -2.25. The molecule has 6 heteroatoms. The number of imidazole rings is 1. The van der Waals surface area contributed by atoms with Crippen LogP contribution in [0.15, 0.2) is 42.7 Å². The highest BCUT2D eigenvalue weighted by molar-refractivity contribution is 5.84. The van der Waals surface area contributed by atoms with Crippen LogP contribution >= 0.6 is 0 Å². The number of rotatable bonds is 3. The third-order valence-corrected chi connectivity index (χ3v) is 6.14. The SMILES string of the molecule is CC(C)(O)c1ccc(-c2nc([C@H]3CCC[C@H](N)C3)n3c2cnc2[nH]ccc23)cc1. The Kier molecular flexibility index (Phi) is 4.22. The van der Waals surface area contributed by atoms with Crippen LogP contribution in [-0.2, 0) is 5.60 Å². The van der Waals surface area contributed by atoms with Crippen LogP contribution in [0.25, 0.3) is 27.9 Å². The summed E-state index contributed by atoms with van der Waals surface area (Å²) >= 11 is 0. The Hall–Kier alpha value is -2.70. The molecule has 3 heterocycles. The molecule has 4 aromatic rings. The molecule has 0 radical (unpaired) electrons. The number of fused-ring (bicyclic) bond motifs is 3. The van der Waals surface area contributed by atoms with E-state index in [1.54, 1.807) is 13.8 Å². The maximum absolute atomic E-state index is 10.3. The van der Waals surface area contributed by atoms with Crippen molar-refractivity contribution in [3.05, 3.63) is 54.1 Å². The lowest BCUT2D eigenvalue weighted by molar-refractivity contribution is 0.0786. The molecule has 150 valence electrons. The predicted octanol–water partition coefficient (Wildman–Crippen LogP) is 4.09. The Morgan fingerprint density at radius 2 is 1.93 bits per heavy atom. The fraction of sp³-hybridized carbons (Fsp3) is 0.391. The molecule has 0 bridgehead atoms. The van der Waals surface area contributed by atoms with Crippen molar-refractivity contribution in [2.75, 3.05) is 0 Å². The first-order valence-corrected chi connectivity index (χ1v) is 10.3. The summed E-state index contributed by atoms with van der Waals surface area (Å²) in [5.74, 6) is 1.42. The Morgan fingerprint density at radius 3 is 2.66 bits per heavy atom. The predicted molar refractivity (Wildman–Crippen MR) is 115 cm³/mol. The zero-order chi connectivity index (χ0) is 20.2. The molecule has 1 fully saturated rings. The van der Waals surface area contributed by atoms with Gasteiger partial charge in [-0.05, 0) is 44.7 Å². The second kappa shape index (κ2) is 6.68. The molecule has 0 amide bonds. The van der Waals surface area contributed by atoms with Crippen LogP contribution < -0.4 is 5.73 Å². The first-order valence-electron chi connectivity index (χ1n) is 10.3. The van der Waals surface area contributed by atoms with E-state index in [4.69, 9.17) is 10.7 Å². The average molecular weight is 390 g/mol. The summed E-state index contributed by atoms with van der Waals surface area (Å²) in [7, 11) is 0. The standard InChI is InChI=1S/C23H27N5O/c1-23(2,29)16-8-6-14(7-9-16)20-19-13-26-21-18(10-11-25-21)28(19)22(27-20)15-4-3-5-17(24)12-15/h6-11,13,15,17,25,29H,3-5,12,24H2,1-2H3/t15-,17-/m0/s1. The van der Waals surface area contributed by atoms with Gasteiger partial charge in [-0.15, -0.1) is 0 Å². The maximum Gasteiger partial charge on any atom is 0.154 e. The minimum absolute atomic E-state index is 0.235. The summed E-state index contributed by atoms with van der Waals surface area (Å²) in [4.78, 5) is 12.9. The van der Waals surface area contributed by atoms with Crippen molar-refractivity contribution in [3.63, 3.8) is 0 Å². The van der Waals surface area contributed by atoms with E-state index in [9.17, 15) is 5.11 Å². The number of nitrogens with zero attached hydrogens (tertiary/aromatic N) is 3. The van der Waals surface area contributed by atoms with Crippen LogP contribution in [0.4, 0.5) is 0 Å². The maximum atomic E-state index is 10.3. The fourth-order valence-corrected chi connectivity index (χ4v) is 4.57. The zero-order valence-electron chi connectivity index (χ0n) is 16.9. The summed E-state index contributed by atoms with van der Waals surface area (Å²) in [5.41, 5.74) is 11.2. The second-order valence-corrected chi connectivity index (χ2v) is 8.77. The Balaban J connectivity index is 1.70. The molecule has 1 aliphatic rings. The smallest absolute Gasteiger partial charge is 0.154 e. The van der Waals surface area contributed by atoms with Gasteiger partial charge in [0.2, 0.25) is 0 Å². The van der Waals surface area contributed by atoms with Crippen molar-refractivity contribution >= 4 is 16.7 Å². The van der Waals surface area contributed by atoms with Crippen LogP contribution in [-0.4, -0.2) is 30.5 Å². The van der Waals surface area contributed by atoms with Crippen LogP contribution in [0.2, 0.25) is 0 Å². The van der Waals surface area contributed by atoms with Gasteiger partial charge in [-0.25, -0.2) is 9.97 Å². The highest BCUT2D eigenvalue weighted by Crippen LogP contribution is 2.36. The molecule has 1 aliphatic carbocycles. The quantitative estimate of drug-likeness (QED) is 0.492. The van der Waals surface area contributed by atoms with Gasteiger partial charge in [0.1, 0.15) is 5.82 Å². The third kappa shape index (κ3) is 3.12. The Morgan fingerprint density at radius 1 is 1.14 bits per heavy atom. The van der Waals surface area contributed by atoms with E-state index in [0.717, 1.165) is 65.0 Å². The molecule has 0 saturated heterocycles. The molecule has 3 aromatic heterocycles. The van der Waals surface area contributed by atoms with Gasteiger partial charge in [-0.3, -0.25) is 4.40 Å². The minimum Gasteiger partial charge on any atom is -0.386 e. The van der Waals surface area contributed by atoms with E-state index in [0.29, 0.717) is 5.92 Å². The van der Waals surface area contributed by atoms with E-state index in [1.807, 2.05) is 36.7 Å². The number of H-pyrrole nitrogens is 1. The summed E-state index contributed by atoms with van der Waals surface area (Å²) in [6, 6.07) is 10.3. The van der Waals surface area contributed by atoms with Crippen LogP contribution in [0.3, 0.4) is 0 Å². The second-order valence-electron chi connectivity index (χ2n) is 8.77. The number of hydrogen-bond acceptors (Lipinski definition) is 4. The highest BCUT2D eigenvalue weighted by Gasteiger charge is 2.27. The van der Waals surface area contributed by atoms with Crippen molar-refractivity contribution in [2.45, 2.75) is 57.1 Å². The molecule has 0 unspecified atom stereocenters. The number of benzene rings is 1. The number of aromatic amines is 1. The lowest BCUT2D eigenvalue weighted by atomic mass is 9.85. The molecule has 6 nitrogen and oxygen atoms in total. The van der Waals surface area contributed by atoms with Gasteiger partial charge in [0.25, 0.3) is 0 Å². The monoisotopic (exact) mass is 389 g/mol. The van der Waals surface area contributed by atoms with Crippen LogP contribution in [0.5, 0.6) is 0 Å². The van der Waals surface area contributed by atoms with Crippen molar-refractivity contribution in [1.29, 1.82) is 0 Å². The van der Waals surface area contributed by atoms with E-state index >= 15 is 0 Å². The molecule has 2 atom stereocenters. The normalized spacial score (nSPS) is 20.6. The van der Waals surface area contributed by atoms with Gasteiger partial charge < -0.3 is 15.8 Å². The van der Waals surface area contributed by atoms with Gasteiger partial charge >= 0.3 is 0 Å². The Labute approximate surface area is 169 Å². The molecule has 5 rings (SSSR count). The molecule has 4 N–H and O–H groups in total. The number of hydrogen-bond donors (Lipinski definition) is 3. The zero-order valence-corrected chi connectivity index (χ0v) is 16.9. The van der Waals surface area contributed by atoms with E-state index in [1.165, 1.54) is 0 Å². The summed E-state index contributed by atoms with van der Waals surface area (Å²) in [6.45, 7) is 3.59. The number of nitrogens with two attached hydrogens (primary N) is 1. The van der Waals surface area contributed by atoms with Crippen molar-refractivity contribution in [3.8, 4) is 11.3 Å². The number of nitrogens with one attached hydrogen (secondary N) is 1. The van der Waals surface area contributed by atoms with E-state index < -0.39 is 5.60 Å². The van der Waals surface area contributed by atoms with Crippen molar-refractivity contribution < 1.29 is 5.11 Å². The Bertz CT molecular complexity index is 1170. The molecule has 1 saturated carbocycles. The molecule has 1 aromatic carbocycles. The highest BCUT2D eigenvalue weighted by atomic mass is 16.3. The summed E-state index contributed by atoms with van der Waals surface area (Å²) in [6.07, 6.45) is 8.12. The fourth-order valence-electron chi connectivity index (χ4n) is 4.57. The topological polar surface area (TPSA) is 92.2 Å². The van der Waals surface area contributed by atoms with Crippen LogP contribution in [0, 0.1) is 0 Å². The molecule has 0 spiro atoms. The molecule has 29 heavy (non-hydrogen) atoms. The molecular formula is C23H27N5O. The van der Waals surface area contributed by atoms with Gasteiger partial charge in [0, 0.05) is 23.7 Å². The molecule has 0 aliphatic heterocycles.